The fourth-order valence-electron chi connectivity index (χ4n) is 2.56. The van der Waals surface area contributed by atoms with Crippen molar-refractivity contribution in [3.63, 3.8) is 0 Å². The molecule has 2 rings (SSSR count). The number of allylic oxidation sites excluding steroid dienone is 1. The van der Waals surface area contributed by atoms with Crippen LogP contribution in [0.4, 0.5) is 0 Å². The third-order valence-electron chi connectivity index (χ3n) is 4.20. The van der Waals surface area contributed by atoms with Gasteiger partial charge in [0.1, 0.15) is 23.1 Å². The predicted octanol–water partition coefficient (Wildman–Crippen LogP) is 4.86. The molecule has 0 heterocycles. The minimum atomic E-state index is -0.00134. The second-order valence-corrected chi connectivity index (χ2v) is 5.76. The summed E-state index contributed by atoms with van der Waals surface area (Å²) in [6, 6.07) is 12.5. The van der Waals surface area contributed by atoms with Crippen LogP contribution in [0.25, 0.3) is 11.6 Å². The zero-order valence-corrected chi connectivity index (χ0v) is 13.7. The van der Waals surface area contributed by atoms with E-state index in [-0.39, 0.29) is 17.4 Å². The van der Waals surface area contributed by atoms with Gasteiger partial charge in [0.25, 0.3) is 0 Å². The lowest BCUT2D eigenvalue weighted by atomic mass is 9.88. The summed E-state index contributed by atoms with van der Waals surface area (Å²) in [5.74, 6) is 0.509. The van der Waals surface area contributed by atoms with Gasteiger partial charge in [-0.2, -0.15) is 5.26 Å². The molecule has 23 heavy (non-hydrogen) atoms. The van der Waals surface area contributed by atoms with Gasteiger partial charge in [-0.3, -0.25) is 0 Å². The van der Waals surface area contributed by atoms with Crippen LogP contribution in [0.3, 0.4) is 0 Å². The van der Waals surface area contributed by atoms with Crippen LogP contribution in [0.2, 0.25) is 0 Å². The molecule has 0 radical (unpaired) electrons. The second-order valence-electron chi connectivity index (χ2n) is 5.76. The number of aromatic hydroxyl groups is 2. The summed E-state index contributed by atoms with van der Waals surface area (Å²) in [5.41, 5.74) is 4.07. The Labute approximate surface area is 137 Å². The standard InChI is InChI=1S/C20H21NO2/c1-4-13(2)17(15-6-8-16(22)9-7-15)11-18-14(3)5-10-20(23)19(18)12-21/h5-11,13,22-23H,4H2,1-3H3/b17-11+. The SMILES string of the molecule is CCC(C)/C(=C\c1c(C)ccc(O)c1C#N)c1ccc(O)cc1. The Morgan fingerprint density at radius 1 is 1.17 bits per heavy atom. The first kappa shape index (κ1) is 16.6. The Balaban J connectivity index is 2.66. The summed E-state index contributed by atoms with van der Waals surface area (Å²) < 4.78 is 0. The number of hydrogen-bond acceptors (Lipinski definition) is 3. The molecule has 0 aliphatic heterocycles. The van der Waals surface area contributed by atoms with E-state index >= 15 is 0 Å². The molecule has 0 spiro atoms. The lowest BCUT2D eigenvalue weighted by Gasteiger charge is -2.16. The molecule has 0 amide bonds. The van der Waals surface area contributed by atoms with Crippen molar-refractivity contribution in [2.75, 3.05) is 0 Å². The maximum Gasteiger partial charge on any atom is 0.133 e. The molecule has 118 valence electrons. The van der Waals surface area contributed by atoms with Crippen molar-refractivity contribution in [1.29, 1.82) is 5.26 Å². The highest BCUT2D eigenvalue weighted by atomic mass is 16.3. The quantitative estimate of drug-likeness (QED) is 0.792. The molecule has 2 N–H and O–H groups in total. The normalized spacial score (nSPS) is 12.7. The Morgan fingerprint density at radius 2 is 1.83 bits per heavy atom. The fourth-order valence-corrected chi connectivity index (χ4v) is 2.56. The van der Waals surface area contributed by atoms with E-state index in [1.54, 1.807) is 18.2 Å². The van der Waals surface area contributed by atoms with E-state index in [0.29, 0.717) is 5.56 Å². The van der Waals surface area contributed by atoms with Crippen LogP contribution in [0.1, 0.15) is 42.5 Å². The highest BCUT2D eigenvalue weighted by Crippen LogP contribution is 2.33. The first-order chi connectivity index (χ1) is 11.0. The van der Waals surface area contributed by atoms with E-state index in [4.69, 9.17) is 0 Å². The van der Waals surface area contributed by atoms with Crippen LogP contribution in [0.15, 0.2) is 36.4 Å². The molecule has 2 aromatic rings. The molecule has 0 aliphatic rings. The number of rotatable bonds is 4. The number of nitriles is 1. The molecule has 0 fully saturated rings. The highest BCUT2D eigenvalue weighted by Gasteiger charge is 2.14. The first-order valence-corrected chi connectivity index (χ1v) is 7.71. The monoisotopic (exact) mass is 307 g/mol. The molecule has 3 heteroatoms. The van der Waals surface area contributed by atoms with Gasteiger partial charge in [-0.1, -0.05) is 32.0 Å². The lowest BCUT2D eigenvalue weighted by molar-refractivity contribution is 0.473. The molecule has 0 saturated heterocycles. The van der Waals surface area contributed by atoms with Crippen molar-refractivity contribution in [2.24, 2.45) is 5.92 Å². The van der Waals surface area contributed by atoms with E-state index in [1.165, 1.54) is 0 Å². The third kappa shape index (κ3) is 3.54. The maximum atomic E-state index is 9.95. The molecule has 0 bridgehead atoms. The number of aryl methyl sites for hydroxylation is 1. The summed E-state index contributed by atoms with van der Waals surface area (Å²) in [4.78, 5) is 0. The molecule has 1 unspecified atom stereocenters. The Hall–Kier alpha value is -2.73. The molecule has 3 nitrogen and oxygen atoms in total. The summed E-state index contributed by atoms with van der Waals surface area (Å²) >= 11 is 0. The minimum Gasteiger partial charge on any atom is -0.508 e. The topological polar surface area (TPSA) is 64.2 Å². The van der Waals surface area contributed by atoms with Crippen LogP contribution in [0, 0.1) is 24.2 Å². The molecule has 1 atom stereocenters. The van der Waals surface area contributed by atoms with Gasteiger partial charge in [-0.25, -0.2) is 0 Å². The van der Waals surface area contributed by atoms with Gasteiger partial charge < -0.3 is 10.2 Å². The number of phenols is 2. The molecule has 0 saturated carbocycles. The van der Waals surface area contributed by atoms with Crippen molar-refractivity contribution in [1.82, 2.24) is 0 Å². The van der Waals surface area contributed by atoms with Crippen molar-refractivity contribution < 1.29 is 10.2 Å². The van der Waals surface area contributed by atoms with Gasteiger partial charge in [0.05, 0.1) is 0 Å². The third-order valence-corrected chi connectivity index (χ3v) is 4.20. The van der Waals surface area contributed by atoms with Crippen LogP contribution >= 0.6 is 0 Å². The minimum absolute atomic E-state index is 0.00134. The fraction of sp³-hybridized carbons (Fsp3) is 0.250. The molecule has 2 aromatic carbocycles. The van der Waals surface area contributed by atoms with Gasteiger partial charge in [0.2, 0.25) is 0 Å². The molecular formula is C20H21NO2. The number of benzene rings is 2. The second kappa shape index (κ2) is 7.02. The van der Waals surface area contributed by atoms with E-state index in [2.05, 4.69) is 19.9 Å². The maximum absolute atomic E-state index is 9.95. The van der Waals surface area contributed by atoms with Crippen molar-refractivity contribution >= 4 is 11.6 Å². The summed E-state index contributed by atoms with van der Waals surface area (Å²) in [7, 11) is 0. The van der Waals surface area contributed by atoms with Crippen molar-refractivity contribution in [2.45, 2.75) is 27.2 Å². The van der Waals surface area contributed by atoms with Crippen LogP contribution in [0.5, 0.6) is 11.5 Å². The highest BCUT2D eigenvalue weighted by molar-refractivity contribution is 5.85. The molecular weight excluding hydrogens is 286 g/mol. The largest absolute Gasteiger partial charge is 0.508 e. The smallest absolute Gasteiger partial charge is 0.133 e. The molecule has 0 aliphatic carbocycles. The zero-order valence-electron chi connectivity index (χ0n) is 13.7. The van der Waals surface area contributed by atoms with Gasteiger partial charge in [-0.05, 0) is 65.8 Å². The summed E-state index contributed by atoms with van der Waals surface area (Å²) in [6.45, 7) is 6.17. The summed E-state index contributed by atoms with van der Waals surface area (Å²) in [5, 5.41) is 28.8. The molecule has 0 aromatic heterocycles. The van der Waals surface area contributed by atoms with Crippen LogP contribution in [-0.2, 0) is 0 Å². The Kier molecular flexibility index (Phi) is 5.08. The van der Waals surface area contributed by atoms with Crippen LogP contribution < -0.4 is 0 Å². The van der Waals surface area contributed by atoms with Crippen molar-refractivity contribution in [3.05, 3.63) is 58.7 Å². The lowest BCUT2D eigenvalue weighted by Crippen LogP contribution is -1.99. The number of hydrogen-bond donors (Lipinski definition) is 2. The average Bonchev–Trinajstić information content (AvgIpc) is 2.56. The van der Waals surface area contributed by atoms with Crippen molar-refractivity contribution in [3.8, 4) is 17.6 Å². The Morgan fingerprint density at radius 3 is 2.39 bits per heavy atom. The van der Waals surface area contributed by atoms with E-state index < -0.39 is 0 Å². The van der Waals surface area contributed by atoms with Gasteiger partial charge in [-0.15, -0.1) is 0 Å². The number of nitrogens with zero attached hydrogens (tertiary/aromatic N) is 1. The van der Waals surface area contributed by atoms with Gasteiger partial charge >= 0.3 is 0 Å². The predicted molar refractivity (Wildman–Crippen MR) is 93.0 cm³/mol. The summed E-state index contributed by atoms with van der Waals surface area (Å²) in [6.07, 6.45) is 2.93. The van der Waals surface area contributed by atoms with Crippen LogP contribution in [-0.4, -0.2) is 10.2 Å². The van der Waals surface area contributed by atoms with E-state index in [9.17, 15) is 15.5 Å². The van der Waals surface area contributed by atoms with Gasteiger partial charge in [0.15, 0.2) is 0 Å². The average molecular weight is 307 g/mol. The first-order valence-electron chi connectivity index (χ1n) is 7.71. The van der Waals surface area contributed by atoms with E-state index in [0.717, 1.165) is 28.7 Å². The number of phenolic OH excluding ortho intramolecular Hbond substituents is 2. The van der Waals surface area contributed by atoms with Gasteiger partial charge in [0, 0.05) is 0 Å². The Bertz CT molecular complexity index is 767. The van der Waals surface area contributed by atoms with E-state index in [1.807, 2.05) is 31.2 Å². The zero-order chi connectivity index (χ0) is 17.0.